The van der Waals surface area contributed by atoms with E-state index in [2.05, 4.69) is 44.7 Å². The molecule has 1 aromatic carbocycles. The molecule has 0 saturated carbocycles. The molecule has 3 saturated heterocycles. The lowest BCUT2D eigenvalue weighted by molar-refractivity contribution is 0.00649. The van der Waals surface area contributed by atoms with Gasteiger partial charge in [-0.1, -0.05) is 12.1 Å². The van der Waals surface area contributed by atoms with Gasteiger partial charge in [0.15, 0.2) is 0 Å². The number of nitrogens with one attached hydrogen (secondary N) is 1. The van der Waals surface area contributed by atoms with Gasteiger partial charge < -0.3 is 14.9 Å². The van der Waals surface area contributed by atoms with Gasteiger partial charge in [-0.05, 0) is 56.7 Å². The SMILES string of the molecule is Cc1ccc(CN2CCN(C(=O)N3CCC(=NS(C)(=O)=O)N3)CC2)c(N2CCC(C(C)(C)O)CC2)c1. The minimum absolute atomic E-state index is 0.140. The number of urea groups is 1. The number of aliphatic hydroxyl groups is 1. The van der Waals surface area contributed by atoms with Crippen LogP contribution >= 0.6 is 0 Å². The van der Waals surface area contributed by atoms with E-state index in [0.717, 1.165) is 51.8 Å². The van der Waals surface area contributed by atoms with Crippen LogP contribution in [-0.2, 0) is 16.6 Å². The highest BCUT2D eigenvalue weighted by Crippen LogP contribution is 2.32. The summed E-state index contributed by atoms with van der Waals surface area (Å²) in [5, 5.41) is 11.9. The molecule has 3 aliphatic rings. The second kappa shape index (κ2) is 10.5. The predicted octanol–water partition coefficient (Wildman–Crippen LogP) is 1.79. The third kappa shape index (κ3) is 6.68. The van der Waals surface area contributed by atoms with Gasteiger partial charge in [0, 0.05) is 57.9 Å². The van der Waals surface area contributed by atoms with Crippen LogP contribution in [0.2, 0.25) is 0 Å². The molecule has 36 heavy (non-hydrogen) atoms. The Labute approximate surface area is 215 Å². The van der Waals surface area contributed by atoms with Crippen molar-refractivity contribution < 1.29 is 18.3 Å². The van der Waals surface area contributed by atoms with E-state index in [-0.39, 0.29) is 6.03 Å². The van der Waals surface area contributed by atoms with E-state index in [1.54, 1.807) is 0 Å². The average molecular weight is 521 g/mol. The number of anilines is 1. The van der Waals surface area contributed by atoms with E-state index in [9.17, 15) is 18.3 Å². The maximum absolute atomic E-state index is 12.9. The number of benzene rings is 1. The number of piperidine rings is 1. The van der Waals surface area contributed by atoms with Crippen LogP contribution in [-0.4, -0.2) is 97.9 Å². The molecule has 3 fully saturated rings. The number of nitrogens with zero attached hydrogens (tertiary/aromatic N) is 5. The van der Waals surface area contributed by atoms with Gasteiger partial charge in [0.2, 0.25) is 0 Å². The number of hydrogen-bond acceptors (Lipinski definition) is 6. The first-order valence-electron chi connectivity index (χ1n) is 12.8. The molecule has 0 aromatic heterocycles. The van der Waals surface area contributed by atoms with Crippen molar-refractivity contribution in [3.63, 3.8) is 0 Å². The van der Waals surface area contributed by atoms with Crippen LogP contribution < -0.4 is 10.3 Å². The van der Waals surface area contributed by atoms with E-state index in [4.69, 9.17) is 0 Å². The summed E-state index contributed by atoms with van der Waals surface area (Å²) < 4.78 is 26.4. The molecule has 0 spiro atoms. The molecule has 10 nitrogen and oxygen atoms in total. The van der Waals surface area contributed by atoms with Gasteiger partial charge in [-0.15, -0.1) is 4.40 Å². The Morgan fingerprint density at radius 3 is 2.39 bits per heavy atom. The third-order valence-electron chi connectivity index (χ3n) is 7.46. The summed E-state index contributed by atoms with van der Waals surface area (Å²) in [5.41, 5.74) is 6.02. The summed E-state index contributed by atoms with van der Waals surface area (Å²) in [6.45, 7) is 11.9. The zero-order valence-corrected chi connectivity index (χ0v) is 22.7. The first kappa shape index (κ1) is 26.7. The Kier molecular flexibility index (Phi) is 7.82. The third-order valence-corrected chi connectivity index (χ3v) is 8.01. The van der Waals surface area contributed by atoms with Gasteiger partial charge in [-0.25, -0.2) is 18.2 Å². The van der Waals surface area contributed by atoms with Crippen molar-refractivity contribution in [2.45, 2.75) is 52.2 Å². The minimum Gasteiger partial charge on any atom is -0.390 e. The van der Waals surface area contributed by atoms with Gasteiger partial charge in [0.25, 0.3) is 10.0 Å². The number of sulfonamides is 1. The van der Waals surface area contributed by atoms with Gasteiger partial charge in [-0.3, -0.25) is 10.3 Å². The molecule has 0 radical (unpaired) electrons. The van der Waals surface area contributed by atoms with Crippen LogP contribution in [0.3, 0.4) is 0 Å². The highest BCUT2D eigenvalue weighted by molar-refractivity contribution is 7.89. The number of aryl methyl sites for hydroxylation is 1. The predicted molar refractivity (Wildman–Crippen MR) is 141 cm³/mol. The van der Waals surface area contributed by atoms with E-state index >= 15 is 0 Å². The van der Waals surface area contributed by atoms with Gasteiger partial charge in [-0.2, -0.15) is 0 Å². The minimum atomic E-state index is -3.49. The summed E-state index contributed by atoms with van der Waals surface area (Å²) in [4.78, 5) is 19.6. The molecule has 11 heteroatoms. The summed E-state index contributed by atoms with van der Waals surface area (Å²) in [5.74, 6) is 0.634. The first-order chi connectivity index (χ1) is 16.9. The topological polar surface area (TPSA) is 109 Å². The van der Waals surface area contributed by atoms with Gasteiger partial charge >= 0.3 is 6.03 Å². The Morgan fingerprint density at radius 1 is 1.11 bits per heavy atom. The summed E-state index contributed by atoms with van der Waals surface area (Å²) in [6.07, 6.45) is 3.42. The van der Waals surface area contributed by atoms with Crippen molar-refractivity contribution in [2.75, 3.05) is 57.0 Å². The monoisotopic (exact) mass is 520 g/mol. The first-order valence-corrected chi connectivity index (χ1v) is 14.6. The van der Waals surface area contributed by atoms with Crippen LogP contribution in [0.1, 0.15) is 44.2 Å². The molecule has 3 aliphatic heterocycles. The number of rotatable bonds is 5. The quantitative estimate of drug-likeness (QED) is 0.609. The lowest BCUT2D eigenvalue weighted by Gasteiger charge is -2.40. The van der Waals surface area contributed by atoms with E-state index in [1.165, 1.54) is 21.8 Å². The number of carbonyl (C=O) groups excluding carboxylic acids is 1. The fourth-order valence-corrected chi connectivity index (χ4v) is 5.87. The van der Waals surface area contributed by atoms with Crippen molar-refractivity contribution in [3.8, 4) is 0 Å². The molecular formula is C25H40N6O4S. The fraction of sp³-hybridized carbons (Fsp3) is 0.680. The molecule has 1 aromatic rings. The van der Waals surface area contributed by atoms with Crippen molar-refractivity contribution in [3.05, 3.63) is 29.3 Å². The van der Waals surface area contributed by atoms with E-state index in [0.29, 0.717) is 37.8 Å². The van der Waals surface area contributed by atoms with Crippen molar-refractivity contribution in [1.29, 1.82) is 0 Å². The van der Waals surface area contributed by atoms with Crippen LogP contribution in [0, 0.1) is 12.8 Å². The highest BCUT2D eigenvalue weighted by atomic mass is 32.2. The van der Waals surface area contributed by atoms with Crippen LogP contribution in [0.15, 0.2) is 22.6 Å². The van der Waals surface area contributed by atoms with Crippen molar-refractivity contribution in [2.24, 2.45) is 10.3 Å². The molecule has 0 unspecified atom stereocenters. The fourth-order valence-electron chi connectivity index (χ4n) is 5.33. The van der Waals surface area contributed by atoms with Gasteiger partial charge in [0.1, 0.15) is 5.84 Å². The van der Waals surface area contributed by atoms with Crippen LogP contribution in [0.5, 0.6) is 0 Å². The number of piperazine rings is 1. The molecule has 4 rings (SSSR count). The normalized spacial score (nSPS) is 21.8. The zero-order chi connectivity index (χ0) is 26.1. The Hall–Kier alpha value is -2.37. The van der Waals surface area contributed by atoms with E-state index < -0.39 is 15.6 Å². The van der Waals surface area contributed by atoms with Crippen molar-refractivity contribution >= 4 is 27.6 Å². The molecular weight excluding hydrogens is 480 g/mol. The standard InChI is InChI=1S/C25H40N6O4S/c1-19-5-6-20(22(17-19)29-10-7-21(8-11-29)25(2,3)33)18-28-13-15-30(16-14-28)24(32)31-12-9-23(26-31)27-36(4,34)35/h5-6,17,21,33H,7-16,18H2,1-4H3,(H,26,27). The number of carbonyl (C=O) groups is 1. The summed E-state index contributed by atoms with van der Waals surface area (Å²) in [6, 6.07) is 6.52. The molecule has 0 aliphatic carbocycles. The summed E-state index contributed by atoms with van der Waals surface area (Å²) >= 11 is 0. The Balaban J connectivity index is 1.33. The average Bonchev–Trinajstić information content (AvgIpc) is 3.26. The molecule has 0 atom stereocenters. The highest BCUT2D eigenvalue weighted by Gasteiger charge is 2.32. The smallest absolute Gasteiger partial charge is 0.338 e. The number of hydrogen-bond donors (Lipinski definition) is 2. The lowest BCUT2D eigenvalue weighted by atomic mass is 9.83. The number of hydrazine groups is 1. The molecule has 3 heterocycles. The molecule has 2 N–H and O–H groups in total. The molecule has 200 valence electrons. The van der Waals surface area contributed by atoms with Crippen LogP contribution in [0.25, 0.3) is 0 Å². The number of amides is 2. The molecule has 2 amide bonds. The summed E-state index contributed by atoms with van der Waals surface area (Å²) in [7, 11) is -3.49. The Morgan fingerprint density at radius 2 is 1.78 bits per heavy atom. The second-order valence-electron chi connectivity index (χ2n) is 10.9. The lowest BCUT2D eigenvalue weighted by Crippen LogP contribution is -2.54. The largest absolute Gasteiger partial charge is 0.390 e. The number of amidine groups is 1. The molecule has 0 bridgehead atoms. The van der Waals surface area contributed by atoms with Crippen LogP contribution in [0.4, 0.5) is 10.5 Å². The maximum atomic E-state index is 12.9. The van der Waals surface area contributed by atoms with Crippen molar-refractivity contribution in [1.82, 2.24) is 20.2 Å². The Bertz CT molecular complexity index is 1080. The van der Waals surface area contributed by atoms with Gasteiger partial charge in [0.05, 0.1) is 18.4 Å². The zero-order valence-electron chi connectivity index (χ0n) is 21.9. The second-order valence-corrected chi connectivity index (χ2v) is 12.5. The maximum Gasteiger partial charge on any atom is 0.338 e. The van der Waals surface area contributed by atoms with E-state index in [1.807, 2.05) is 18.7 Å².